The first-order chi connectivity index (χ1) is 10.1. The summed E-state index contributed by atoms with van der Waals surface area (Å²) in [6, 6.07) is 3.57. The Morgan fingerprint density at radius 3 is 2.67 bits per heavy atom. The van der Waals surface area contributed by atoms with Gasteiger partial charge in [0.2, 0.25) is 0 Å². The highest BCUT2D eigenvalue weighted by molar-refractivity contribution is 5.38. The maximum absolute atomic E-state index is 11.6. The summed E-state index contributed by atoms with van der Waals surface area (Å²) in [4.78, 5) is 29.6. The molecule has 0 aromatic carbocycles. The fraction of sp³-hybridized carbons (Fsp3) is 0.467. The first kappa shape index (κ1) is 13.7. The van der Waals surface area contributed by atoms with Crippen LogP contribution in [0.4, 0.5) is 5.82 Å². The fourth-order valence-electron chi connectivity index (χ4n) is 2.84. The number of nitrogens with one attached hydrogen (secondary N) is 1. The predicted octanol–water partition coefficient (Wildman–Crippen LogP) is 1.56. The van der Waals surface area contributed by atoms with Gasteiger partial charge in [-0.15, -0.1) is 0 Å². The van der Waals surface area contributed by atoms with E-state index in [1.807, 2.05) is 19.9 Å². The minimum Gasteiger partial charge on any atom is -0.356 e. The van der Waals surface area contributed by atoms with E-state index >= 15 is 0 Å². The van der Waals surface area contributed by atoms with Crippen molar-refractivity contribution in [3.05, 3.63) is 46.0 Å². The maximum atomic E-state index is 11.6. The molecule has 0 atom stereocenters. The molecule has 1 N–H and O–H groups in total. The smallest absolute Gasteiger partial charge is 0.251 e. The quantitative estimate of drug-likeness (QED) is 0.906. The Labute approximate surface area is 123 Å². The number of hydrogen-bond donors (Lipinski definition) is 1. The van der Waals surface area contributed by atoms with Crippen LogP contribution in [0.5, 0.6) is 0 Å². The highest BCUT2D eigenvalue weighted by Crippen LogP contribution is 2.28. The molecular formula is C15H19N5O. The summed E-state index contributed by atoms with van der Waals surface area (Å²) in [5.41, 5.74) is 0.848. The van der Waals surface area contributed by atoms with Gasteiger partial charge in [0.05, 0.1) is 5.69 Å². The summed E-state index contributed by atoms with van der Waals surface area (Å²) in [6.07, 6.45) is 3.77. The highest BCUT2D eigenvalue weighted by Gasteiger charge is 2.23. The molecule has 0 unspecified atom stereocenters. The van der Waals surface area contributed by atoms with Crippen LogP contribution in [-0.2, 0) is 0 Å². The molecule has 6 nitrogen and oxygen atoms in total. The van der Waals surface area contributed by atoms with Gasteiger partial charge in [-0.25, -0.2) is 15.0 Å². The van der Waals surface area contributed by atoms with Crippen molar-refractivity contribution in [3.8, 4) is 0 Å². The highest BCUT2D eigenvalue weighted by atomic mass is 16.1. The van der Waals surface area contributed by atoms with E-state index in [0.29, 0.717) is 11.7 Å². The summed E-state index contributed by atoms with van der Waals surface area (Å²) in [6.45, 7) is 5.58. The van der Waals surface area contributed by atoms with Crippen LogP contribution < -0.4 is 10.5 Å². The normalized spacial score (nSPS) is 16.2. The summed E-state index contributed by atoms with van der Waals surface area (Å²) < 4.78 is 0. The zero-order valence-corrected chi connectivity index (χ0v) is 12.3. The van der Waals surface area contributed by atoms with E-state index in [4.69, 9.17) is 0 Å². The molecule has 0 spiro atoms. The Bertz CT molecular complexity index is 688. The van der Waals surface area contributed by atoms with Gasteiger partial charge >= 0.3 is 0 Å². The van der Waals surface area contributed by atoms with E-state index in [-0.39, 0.29) is 5.56 Å². The fourth-order valence-corrected chi connectivity index (χ4v) is 2.84. The van der Waals surface area contributed by atoms with Crippen LogP contribution in [0.1, 0.15) is 36.1 Å². The average molecular weight is 285 g/mol. The lowest BCUT2D eigenvalue weighted by atomic mass is 9.93. The second kappa shape index (κ2) is 5.63. The first-order valence-corrected chi connectivity index (χ1v) is 7.24. The number of anilines is 1. The van der Waals surface area contributed by atoms with Crippen LogP contribution in [-0.4, -0.2) is 33.0 Å². The van der Waals surface area contributed by atoms with E-state index in [9.17, 15) is 4.79 Å². The van der Waals surface area contributed by atoms with Crippen molar-refractivity contribution in [1.82, 2.24) is 19.9 Å². The van der Waals surface area contributed by atoms with E-state index in [2.05, 4.69) is 24.8 Å². The number of aryl methyl sites for hydroxylation is 2. The third-order valence-electron chi connectivity index (χ3n) is 3.88. The lowest BCUT2D eigenvalue weighted by molar-refractivity contribution is 0.491. The third-order valence-corrected chi connectivity index (χ3v) is 3.88. The number of aromatic nitrogens is 4. The molecule has 1 saturated heterocycles. The summed E-state index contributed by atoms with van der Waals surface area (Å²) in [7, 11) is 0. The number of aromatic amines is 1. The summed E-state index contributed by atoms with van der Waals surface area (Å²) in [5.74, 6) is 2.81. The van der Waals surface area contributed by atoms with Gasteiger partial charge in [-0.2, -0.15) is 0 Å². The molecule has 6 heteroatoms. The topological polar surface area (TPSA) is 74.8 Å². The molecule has 2 aromatic heterocycles. The Kier molecular flexibility index (Phi) is 3.68. The zero-order chi connectivity index (χ0) is 14.8. The number of rotatable bonds is 2. The van der Waals surface area contributed by atoms with Crippen LogP contribution in [0.3, 0.4) is 0 Å². The molecule has 110 valence electrons. The average Bonchev–Trinajstić information content (AvgIpc) is 2.46. The Balaban J connectivity index is 1.71. The number of hydrogen-bond acceptors (Lipinski definition) is 5. The van der Waals surface area contributed by atoms with E-state index in [0.717, 1.165) is 43.3 Å². The molecule has 0 saturated carbocycles. The van der Waals surface area contributed by atoms with Crippen LogP contribution in [0.15, 0.2) is 23.1 Å². The number of H-pyrrole nitrogens is 1. The second-order valence-corrected chi connectivity index (χ2v) is 5.48. The molecule has 21 heavy (non-hydrogen) atoms. The molecule has 3 heterocycles. The summed E-state index contributed by atoms with van der Waals surface area (Å²) >= 11 is 0. The van der Waals surface area contributed by atoms with E-state index in [1.54, 1.807) is 12.3 Å². The van der Waals surface area contributed by atoms with Crippen LogP contribution in [0, 0.1) is 13.8 Å². The Morgan fingerprint density at radius 2 is 2.00 bits per heavy atom. The van der Waals surface area contributed by atoms with Crippen molar-refractivity contribution in [2.24, 2.45) is 0 Å². The monoisotopic (exact) mass is 285 g/mol. The van der Waals surface area contributed by atoms with Gasteiger partial charge < -0.3 is 9.88 Å². The van der Waals surface area contributed by atoms with Gasteiger partial charge in [0.15, 0.2) is 0 Å². The minimum absolute atomic E-state index is 0.0636. The minimum atomic E-state index is -0.0636. The van der Waals surface area contributed by atoms with E-state index < -0.39 is 0 Å². The Morgan fingerprint density at radius 1 is 1.24 bits per heavy atom. The van der Waals surface area contributed by atoms with Crippen molar-refractivity contribution < 1.29 is 0 Å². The van der Waals surface area contributed by atoms with Gasteiger partial charge in [0, 0.05) is 31.3 Å². The van der Waals surface area contributed by atoms with Gasteiger partial charge in [-0.05, 0) is 32.8 Å². The van der Waals surface area contributed by atoms with Crippen LogP contribution in [0.2, 0.25) is 0 Å². The molecule has 1 fully saturated rings. The van der Waals surface area contributed by atoms with Crippen molar-refractivity contribution >= 4 is 5.82 Å². The predicted molar refractivity (Wildman–Crippen MR) is 80.6 cm³/mol. The van der Waals surface area contributed by atoms with Crippen molar-refractivity contribution in [3.63, 3.8) is 0 Å². The standard InChI is InChI=1S/C15H19N5O/c1-10-16-6-3-14(18-10)20-7-4-12(5-8-20)13-9-15(21)19-11(2)17-13/h3,6,9,12H,4-5,7-8H2,1-2H3,(H,17,19,21). The van der Waals surface area contributed by atoms with Crippen molar-refractivity contribution in [2.75, 3.05) is 18.0 Å². The van der Waals surface area contributed by atoms with E-state index in [1.165, 1.54) is 0 Å². The lowest BCUT2D eigenvalue weighted by Gasteiger charge is -2.32. The van der Waals surface area contributed by atoms with Crippen LogP contribution in [0.25, 0.3) is 0 Å². The van der Waals surface area contributed by atoms with Crippen LogP contribution >= 0.6 is 0 Å². The Hall–Kier alpha value is -2.24. The van der Waals surface area contributed by atoms with Gasteiger partial charge in [-0.3, -0.25) is 4.79 Å². The molecule has 0 bridgehead atoms. The maximum Gasteiger partial charge on any atom is 0.251 e. The number of piperidine rings is 1. The molecule has 1 aliphatic rings. The first-order valence-electron chi connectivity index (χ1n) is 7.24. The zero-order valence-electron chi connectivity index (χ0n) is 12.3. The third kappa shape index (κ3) is 3.09. The lowest BCUT2D eigenvalue weighted by Crippen LogP contribution is -2.34. The molecule has 0 amide bonds. The van der Waals surface area contributed by atoms with Gasteiger partial charge in [0.25, 0.3) is 5.56 Å². The molecule has 0 radical (unpaired) electrons. The molecule has 0 aliphatic carbocycles. The molecule has 3 rings (SSSR count). The largest absolute Gasteiger partial charge is 0.356 e. The second-order valence-electron chi connectivity index (χ2n) is 5.48. The van der Waals surface area contributed by atoms with Gasteiger partial charge in [-0.1, -0.05) is 0 Å². The molecular weight excluding hydrogens is 266 g/mol. The number of nitrogens with zero attached hydrogens (tertiary/aromatic N) is 4. The summed E-state index contributed by atoms with van der Waals surface area (Å²) in [5, 5.41) is 0. The van der Waals surface area contributed by atoms with Crippen molar-refractivity contribution in [2.45, 2.75) is 32.6 Å². The SMILES string of the molecule is Cc1nccc(N2CCC(c3cc(=O)[nH]c(C)n3)CC2)n1. The molecule has 1 aliphatic heterocycles. The molecule has 2 aromatic rings. The van der Waals surface area contributed by atoms with Gasteiger partial charge in [0.1, 0.15) is 17.5 Å². The van der Waals surface area contributed by atoms with Crippen molar-refractivity contribution in [1.29, 1.82) is 0 Å².